The monoisotopic (exact) mass is 580 g/mol. The van der Waals surface area contributed by atoms with Gasteiger partial charge in [0.2, 0.25) is 0 Å². The van der Waals surface area contributed by atoms with E-state index in [1.54, 1.807) is 0 Å². The first-order valence-corrected chi connectivity index (χ1v) is 10.8. The van der Waals surface area contributed by atoms with Gasteiger partial charge in [-0.3, -0.25) is 29.8 Å². The van der Waals surface area contributed by atoms with Crippen LogP contribution in [0.15, 0.2) is 55.2 Å². The summed E-state index contributed by atoms with van der Waals surface area (Å²) >= 11 is 6.41. The summed E-state index contributed by atoms with van der Waals surface area (Å²) in [6.45, 7) is 3.65. The lowest BCUT2D eigenvalue weighted by atomic mass is 10.2. The van der Waals surface area contributed by atoms with Gasteiger partial charge in [0, 0.05) is 35.0 Å². The first-order valence-electron chi connectivity index (χ1n) is 9.20. The van der Waals surface area contributed by atoms with Gasteiger partial charge in [0.25, 0.3) is 22.5 Å². The van der Waals surface area contributed by atoms with Gasteiger partial charge < -0.3 is 0 Å². The minimum Gasteiger partial charge on any atom is -0.267 e. The summed E-state index contributed by atoms with van der Waals surface area (Å²) in [5.41, 5.74) is -0.997. The van der Waals surface area contributed by atoms with Crippen LogP contribution in [-0.2, 0) is 0 Å². The van der Waals surface area contributed by atoms with Gasteiger partial charge in [0.05, 0.1) is 26.7 Å². The number of aromatic amines is 1. The highest BCUT2D eigenvalue weighted by Crippen LogP contribution is 2.24. The Morgan fingerprint density at radius 1 is 0.879 bits per heavy atom. The molecule has 4 aromatic rings. The standard InChI is InChI=1S/C11H10BrN3O3.C8H4BrN3O3/c1-6(2)14-11(16)9-5-7(15(17)18)3-4-8(9)10(12)13-14;9-7-5-2-1-4(12(14)15)3-6(5)8(13)11-10-7/h3-6H,1-2H3;1-3H,(H,11,13). The van der Waals surface area contributed by atoms with E-state index in [0.717, 1.165) is 0 Å². The second-order valence-electron chi connectivity index (χ2n) is 6.95. The van der Waals surface area contributed by atoms with Gasteiger partial charge in [-0.25, -0.2) is 9.78 Å². The fourth-order valence-electron chi connectivity index (χ4n) is 2.90. The molecule has 4 rings (SSSR count). The lowest BCUT2D eigenvalue weighted by Crippen LogP contribution is -2.25. The van der Waals surface area contributed by atoms with E-state index in [0.29, 0.717) is 25.4 Å². The topological polar surface area (TPSA) is 167 Å². The summed E-state index contributed by atoms with van der Waals surface area (Å²) in [7, 11) is 0. The van der Waals surface area contributed by atoms with Crippen molar-refractivity contribution in [2.75, 3.05) is 0 Å². The third-order valence-corrected chi connectivity index (χ3v) is 5.69. The maximum absolute atomic E-state index is 12.2. The number of nitrogens with one attached hydrogen (secondary N) is 1. The summed E-state index contributed by atoms with van der Waals surface area (Å²) in [6.07, 6.45) is 0. The van der Waals surface area contributed by atoms with Crippen LogP contribution in [0.2, 0.25) is 0 Å². The molecule has 2 heterocycles. The summed E-state index contributed by atoms with van der Waals surface area (Å²) in [5, 5.41) is 32.9. The van der Waals surface area contributed by atoms with Crippen LogP contribution in [0.3, 0.4) is 0 Å². The van der Waals surface area contributed by atoms with Gasteiger partial charge >= 0.3 is 0 Å². The molecule has 0 aliphatic rings. The van der Waals surface area contributed by atoms with Crippen molar-refractivity contribution < 1.29 is 9.85 Å². The molecule has 14 heteroatoms. The Labute approximate surface area is 200 Å². The highest BCUT2D eigenvalue weighted by molar-refractivity contribution is 9.10. The number of nitro groups is 2. The Morgan fingerprint density at radius 3 is 1.91 bits per heavy atom. The van der Waals surface area contributed by atoms with Gasteiger partial charge in [-0.15, -0.1) is 0 Å². The van der Waals surface area contributed by atoms with Crippen molar-refractivity contribution in [2.45, 2.75) is 19.9 Å². The normalized spacial score (nSPS) is 10.8. The summed E-state index contributed by atoms with van der Waals surface area (Å²) < 4.78 is 2.25. The molecule has 2 aromatic heterocycles. The Hall–Kier alpha value is -3.52. The van der Waals surface area contributed by atoms with E-state index in [4.69, 9.17) is 0 Å². The predicted octanol–water partition coefficient (Wildman–Crippen LogP) is 4.24. The molecule has 12 nitrogen and oxygen atoms in total. The minimum atomic E-state index is -0.548. The summed E-state index contributed by atoms with van der Waals surface area (Å²) in [6, 6.07) is 8.08. The second kappa shape index (κ2) is 9.54. The molecule has 0 atom stereocenters. The van der Waals surface area contributed by atoms with Crippen LogP contribution in [0, 0.1) is 20.2 Å². The van der Waals surface area contributed by atoms with Crippen LogP contribution in [0.5, 0.6) is 0 Å². The van der Waals surface area contributed by atoms with Crippen LogP contribution in [0.1, 0.15) is 19.9 Å². The van der Waals surface area contributed by atoms with E-state index in [-0.39, 0.29) is 28.4 Å². The summed E-state index contributed by atoms with van der Waals surface area (Å²) in [4.78, 5) is 43.7. The predicted molar refractivity (Wildman–Crippen MR) is 127 cm³/mol. The molecule has 2 aromatic carbocycles. The van der Waals surface area contributed by atoms with Gasteiger partial charge in [-0.2, -0.15) is 10.2 Å². The van der Waals surface area contributed by atoms with Crippen molar-refractivity contribution in [1.29, 1.82) is 0 Å². The van der Waals surface area contributed by atoms with E-state index in [9.17, 15) is 29.8 Å². The number of halogens is 2. The Balaban J connectivity index is 0.000000189. The Bertz CT molecular complexity index is 1530. The second-order valence-corrected chi connectivity index (χ2v) is 8.45. The Kier molecular flexibility index (Phi) is 6.98. The van der Waals surface area contributed by atoms with Crippen LogP contribution < -0.4 is 11.1 Å². The zero-order valence-corrected chi connectivity index (χ0v) is 20.2. The zero-order valence-electron chi connectivity index (χ0n) is 17.0. The van der Waals surface area contributed by atoms with E-state index in [1.807, 2.05) is 13.8 Å². The van der Waals surface area contributed by atoms with Crippen molar-refractivity contribution in [3.05, 3.63) is 86.5 Å². The maximum atomic E-state index is 12.2. The molecule has 0 fully saturated rings. The van der Waals surface area contributed by atoms with Gasteiger partial charge in [0.1, 0.15) is 9.21 Å². The zero-order chi connectivity index (χ0) is 24.4. The van der Waals surface area contributed by atoms with Crippen LogP contribution >= 0.6 is 31.9 Å². The van der Waals surface area contributed by atoms with E-state index in [2.05, 4.69) is 47.2 Å². The smallest absolute Gasteiger partial charge is 0.267 e. The lowest BCUT2D eigenvalue weighted by Gasteiger charge is -2.10. The molecule has 0 spiro atoms. The van der Waals surface area contributed by atoms with Gasteiger partial charge in [-0.1, -0.05) is 0 Å². The average molecular weight is 582 g/mol. The average Bonchev–Trinajstić information content (AvgIpc) is 2.78. The molecule has 0 amide bonds. The molecule has 0 aliphatic carbocycles. The Morgan fingerprint density at radius 2 is 1.39 bits per heavy atom. The molecule has 0 saturated carbocycles. The van der Waals surface area contributed by atoms with Crippen molar-refractivity contribution in [3.63, 3.8) is 0 Å². The quantitative estimate of drug-likeness (QED) is 0.277. The lowest BCUT2D eigenvalue weighted by molar-refractivity contribution is -0.384. The molecular weight excluding hydrogens is 568 g/mol. The van der Waals surface area contributed by atoms with Crippen molar-refractivity contribution in [2.24, 2.45) is 0 Å². The number of benzene rings is 2. The molecule has 33 heavy (non-hydrogen) atoms. The highest BCUT2D eigenvalue weighted by Gasteiger charge is 2.15. The van der Waals surface area contributed by atoms with Crippen molar-refractivity contribution in [1.82, 2.24) is 20.0 Å². The van der Waals surface area contributed by atoms with Gasteiger partial charge in [-0.05, 0) is 57.8 Å². The fourth-order valence-corrected chi connectivity index (χ4v) is 3.85. The molecule has 0 bridgehead atoms. The van der Waals surface area contributed by atoms with Crippen molar-refractivity contribution in [3.8, 4) is 0 Å². The summed E-state index contributed by atoms with van der Waals surface area (Å²) in [5.74, 6) is 0. The van der Waals surface area contributed by atoms with E-state index in [1.165, 1.54) is 41.1 Å². The largest absolute Gasteiger partial charge is 0.275 e. The molecule has 0 unspecified atom stereocenters. The number of rotatable bonds is 3. The fraction of sp³-hybridized carbons (Fsp3) is 0.158. The van der Waals surface area contributed by atoms with Crippen molar-refractivity contribution >= 4 is 64.8 Å². The maximum Gasteiger partial charge on any atom is 0.275 e. The third-order valence-electron chi connectivity index (χ3n) is 4.50. The molecule has 1 N–H and O–H groups in total. The SMILES string of the molecule is CC(C)n1nc(Br)c2ccc([N+](=O)[O-])cc2c1=O.O=c1[nH]nc(Br)c2ccc([N+](=O)[O-])cc12. The number of H-pyrrole nitrogens is 1. The highest BCUT2D eigenvalue weighted by atomic mass is 79.9. The molecule has 0 aliphatic heterocycles. The van der Waals surface area contributed by atoms with Crippen LogP contribution in [0.25, 0.3) is 21.5 Å². The molecule has 0 saturated heterocycles. The minimum absolute atomic E-state index is 0.104. The van der Waals surface area contributed by atoms with Crippen LogP contribution in [-0.4, -0.2) is 29.8 Å². The number of nitro benzene ring substituents is 2. The van der Waals surface area contributed by atoms with E-state index < -0.39 is 15.4 Å². The molecular formula is C19H14Br2N6O6. The first kappa shape index (κ1) is 24.1. The van der Waals surface area contributed by atoms with E-state index >= 15 is 0 Å². The van der Waals surface area contributed by atoms with Crippen LogP contribution in [0.4, 0.5) is 11.4 Å². The number of hydrogen-bond acceptors (Lipinski definition) is 8. The molecule has 170 valence electrons. The number of hydrogen-bond donors (Lipinski definition) is 1. The number of non-ortho nitro benzene ring substituents is 2. The first-order chi connectivity index (χ1) is 15.5. The number of aromatic nitrogens is 4. The number of nitrogens with zero attached hydrogens (tertiary/aromatic N) is 5. The number of fused-ring (bicyclic) bond motifs is 2. The van der Waals surface area contributed by atoms with Gasteiger partial charge in [0.15, 0.2) is 0 Å². The third kappa shape index (κ3) is 4.96. The molecule has 0 radical (unpaired) electrons.